The van der Waals surface area contributed by atoms with Gasteiger partial charge in [-0.05, 0) is 49.6 Å². The molecule has 0 bridgehead atoms. The zero-order chi connectivity index (χ0) is 21.5. The van der Waals surface area contributed by atoms with E-state index in [0.29, 0.717) is 6.04 Å². The minimum Gasteiger partial charge on any atom is -0.374 e. The van der Waals surface area contributed by atoms with Gasteiger partial charge in [0, 0.05) is 50.1 Å². The first-order chi connectivity index (χ1) is 15.2. The molecule has 0 unspecified atom stereocenters. The first-order valence-corrected chi connectivity index (χ1v) is 11.9. The number of amides is 1. The first kappa shape index (κ1) is 21.7. The third-order valence-electron chi connectivity index (χ3n) is 6.58. The van der Waals surface area contributed by atoms with E-state index in [9.17, 15) is 4.79 Å². The number of carbonyl (C=O) groups is 1. The summed E-state index contributed by atoms with van der Waals surface area (Å²) in [6.45, 7) is 7.20. The van der Waals surface area contributed by atoms with Crippen LogP contribution >= 0.6 is 0 Å². The van der Waals surface area contributed by atoms with E-state index in [1.165, 1.54) is 30.5 Å². The van der Waals surface area contributed by atoms with Crippen LogP contribution in [-0.4, -0.2) is 49.1 Å². The van der Waals surface area contributed by atoms with Crippen LogP contribution in [0.25, 0.3) is 0 Å². The van der Waals surface area contributed by atoms with Crippen LogP contribution in [0.1, 0.15) is 44.6 Å². The Morgan fingerprint density at radius 3 is 2.29 bits per heavy atom. The van der Waals surface area contributed by atoms with Gasteiger partial charge in [0.25, 0.3) is 0 Å². The number of rotatable bonds is 7. The van der Waals surface area contributed by atoms with E-state index in [1.807, 2.05) is 6.92 Å². The van der Waals surface area contributed by atoms with Gasteiger partial charge in [-0.25, -0.2) is 0 Å². The zero-order valence-electron chi connectivity index (χ0n) is 18.7. The smallest absolute Gasteiger partial charge is 0.242 e. The normalized spacial score (nSPS) is 19.1. The van der Waals surface area contributed by atoms with Crippen LogP contribution in [0.15, 0.2) is 54.6 Å². The number of nitrogens with zero attached hydrogens (tertiary/aromatic N) is 2. The average molecular weight is 421 g/mol. The molecule has 2 aromatic carbocycles. The molecule has 0 radical (unpaired) electrons. The fourth-order valence-corrected chi connectivity index (χ4v) is 4.66. The Kier molecular flexibility index (Phi) is 7.47. The number of piperazine rings is 1. The molecule has 1 atom stereocenters. The van der Waals surface area contributed by atoms with Crippen molar-refractivity contribution in [1.82, 2.24) is 10.2 Å². The molecule has 0 aromatic heterocycles. The van der Waals surface area contributed by atoms with Crippen LogP contribution in [0.4, 0.5) is 11.4 Å². The molecule has 31 heavy (non-hydrogen) atoms. The highest BCUT2D eigenvalue weighted by atomic mass is 16.2. The Morgan fingerprint density at radius 1 is 0.935 bits per heavy atom. The molecule has 1 aliphatic heterocycles. The number of hydrogen-bond acceptors (Lipinski definition) is 4. The number of benzene rings is 2. The SMILES string of the molecule is C[C@@H](Nc1ccc(N2CCN(Cc3ccccc3)CC2)cc1)C(=O)NC1CCCCC1. The van der Waals surface area contributed by atoms with Gasteiger partial charge in [-0.2, -0.15) is 0 Å². The number of nitrogens with one attached hydrogen (secondary N) is 2. The molecule has 1 saturated heterocycles. The summed E-state index contributed by atoms with van der Waals surface area (Å²) in [6.07, 6.45) is 6.00. The molecule has 5 heteroatoms. The molecular formula is C26H36N4O. The summed E-state index contributed by atoms with van der Waals surface area (Å²) in [5, 5.41) is 6.57. The lowest BCUT2D eigenvalue weighted by Crippen LogP contribution is -2.46. The minimum absolute atomic E-state index is 0.102. The molecule has 2 aliphatic rings. The second-order valence-corrected chi connectivity index (χ2v) is 9.01. The minimum atomic E-state index is -0.227. The van der Waals surface area contributed by atoms with Crippen molar-refractivity contribution in [3.8, 4) is 0 Å². The number of carbonyl (C=O) groups excluding carboxylic acids is 1. The molecule has 1 saturated carbocycles. The molecule has 1 heterocycles. The van der Waals surface area contributed by atoms with Crippen LogP contribution < -0.4 is 15.5 Å². The third-order valence-corrected chi connectivity index (χ3v) is 6.58. The largest absolute Gasteiger partial charge is 0.374 e. The Balaban J connectivity index is 1.23. The van der Waals surface area contributed by atoms with E-state index in [2.05, 4.69) is 75.0 Å². The fourth-order valence-electron chi connectivity index (χ4n) is 4.66. The predicted molar refractivity (Wildman–Crippen MR) is 128 cm³/mol. The molecule has 0 spiro atoms. The topological polar surface area (TPSA) is 47.6 Å². The van der Waals surface area contributed by atoms with Crippen molar-refractivity contribution in [3.05, 3.63) is 60.2 Å². The maximum atomic E-state index is 12.5. The molecule has 5 nitrogen and oxygen atoms in total. The second kappa shape index (κ2) is 10.7. The Bertz CT molecular complexity index is 809. The maximum absolute atomic E-state index is 12.5. The van der Waals surface area contributed by atoms with Gasteiger partial charge in [-0.3, -0.25) is 9.69 Å². The van der Waals surface area contributed by atoms with Gasteiger partial charge in [-0.1, -0.05) is 49.6 Å². The summed E-state index contributed by atoms with van der Waals surface area (Å²) < 4.78 is 0. The predicted octanol–water partition coefficient (Wildman–Crippen LogP) is 4.26. The van der Waals surface area contributed by atoms with E-state index >= 15 is 0 Å². The van der Waals surface area contributed by atoms with Crippen molar-refractivity contribution in [2.24, 2.45) is 0 Å². The highest BCUT2D eigenvalue weighted by molar-refractivity contribution is 5.84. The molecule has 1 aliphatic carbocycles. The highest BCUT2D eigenvalue weighted by Gasteiger charge is 2.20. The molecule has 2 aromatic rings. The molecule has 2 N–H and O–H groups in total. The summed E-state index contributed by atoms with van der Waals surface area (Å²) in [5.74, 6) is 0.102. The van der Waals surface area contributed by atoms with Gasteiger partial charge >= 0.3 is 0 Å². The van der Waals surface area contributed by atoms with Crippen molar-refractivity contribution >= 4 is 17.3 Å². The van der Waals surface area contributed by atoms with Crippen LogP contribution in [0.3, 0.4) is 0 Å². The Labute approximate surface area is 186 Å². The number of hydrogen-bond donors (Lipinski definition) is 2. The first-order valence-electron chi connectivity index (χ1n) is 11.9. The Hall–Kier alpha value is -2.53. The van der Waals surface area contributed by atoms with Crippen molar-refractivity contribution in [1.29, 1.82) is 0 Å². The lowest BCUT2D eigenvalue weighted by molar-refractivity contribution is -0.122. The van der Waals surface area contributed by atoms with Gasteiger partial charge < -0.3 is 15.5 Å². The second-order valence-electron chi connectivity index (χ2n) is 9.01. The summed E-state index contributed by atoms with van der Waals surface area (Å²) in [4.78, 5) is 17.5. The van der Waals surface area contributed by atoms with Gasteiger partial charge in [0.05, 0.1) is 0 Å². The van der Waals surface area contributed by atoms with Crippen molar-refractivity contribution in [2.75, 3.05) is 36.4 Å². The van der Waals surface area contributed by atoms with E-state index < -0.39 is 0 Å². The Morgan fingerprint density at radius 2 is 1.61 bits per heavy atom. The maximum Gasteiger partial charge on any atom is 0.242 e. The number of anilines is 2. The third kappa shape index (κ3) is 6.23. The van der Waals surface area contributed by atoms with E-state index in [0.717, 1.165) is 51.3 Å². The zero-order valence-corrected chi connectivity index (χ0v) is 18.7. The van der Waals surface area contributed by atoms with Crippen LogP contribution in [0.2, 0.25) is 0 Å². The summed E-state index contributed by atoms with van der Waals surface area (Å²) in [5.41, 5.74) is 3.63. The monoisotopic (exact) mass is 420 g/mol. The fraction of sp³-hybridized carbons (Fsp3) is 0.500. The van der Waals surface area contributed by atoms with Gasteiger partial charge in [0.2, 0.25) is 5.91 Å². The molecule has 1 amide bonds. The van der Waals surface area contributed by atoms with E-state index in [4.69, 9.17) is 0 Å². The summed E-state index contributed by atoms with van der Waals surface area (Å²) in [6, 6.07) is 19.4. The highest BCUT2D eigenvalue weighted by Crippen LogP contribution is 2.21. The van der Waals surface area contributed by atoms with Crippen molar-refractivity contribution < 1.29 is 4.79 Å². The van der Waals surface area contributed by atoms with Crippen LogP contribution in [-0.2, 0) is 11.3 Å². The van der Waals surface area contributed by atoms with Gasteiger partial charge in [-0.15, -0.1) is 0 Å². The average Bonchev–Trinajstić information content (AvgIpc) is 2.81. The van der Waals surface area contributed by atoms with Gasteiger partial charge in [0.15, 0.2) is 0 Å². The summed E-state index contributed by atoms with van der Waals surface area (Å²) in [7, 11) is 0. The van der Waals surface area contributed by atoms with E-state index in [1.54, 1.807) is 0 Å². The van der Waals surface area contributed by atoms with Crippen LogP contribution in [0.5, 0.6) is 0 Å². The molecular weight excluding hydrogens is 384 g/mol. The standard InChI is InChI=1S/C26H36N4O/c1-21(26(31)28-23-10-6-3-7-11-23)27-24-12-14-25(15-13-24)30-18-16-29(17-19-30)20-22-8-4-2-5-9-22/h2,4-5,8-9,12-15,21,23,27H,3,6-7,10-11,16-20H2,1H3,(H,28,31)/t21-/m1/s1. The van der Waals surface area contributed by atoms with Crippen molar-refractivity contribution in [3.63, 3.8) is 0 Å². The van der Waals surface area contributed by atoms with Crippen molar-refractivity contribution in [2.45, 2.75) is 57.7 Å². The van der Waals surface area contributed by atoms with Crippen LogP contribution in [0, 0.1) is 0 Å². The lowest BCUT2D eigenvalue weighted by Gasteiger charge is -2.36. The molecule has 4 rings (SSSR count). The molecule has 166 valence electrons. The quantitative estimate of drug-likeness (QED) is 0.703. The van der Waals surface area contributed by atoms with E-state index in [-0.39, 0.29) is 11.9 Å². The lowest BCUT2D eigenvalue weighted by atomic mass is 9.95. The van der Waals surface area contributed by atoms with Gasteiger partial charge in [0.1, 0.15) is 6.04 Å². The summed E-state index contributed by atoms with van der Waals surface area (Å²) >= 11 is 0. The molecule has 2 fully saturated rings.